The molecule has 8 nitrogen and oxygen atoms in total. The van der Waals surface area contributed by atoms with E-state index >= 15 is 0 Å². The number of nitrogens with zero attached hydrogens (tertiary/aromatic N) is 3. The van der Waals surface area contributed by atoms with Gasteiger partial charge in [0.2, 0.25) is 5.91 Å². The highest BCUT2D eigenvalue weighted by Gasteiger charge is 2.23. The molecule has 0 aliphatic heterocycles. The summed E-state index contributed by atoms with van der Waals surface area (Å²) in [7, 11) is 1.33. The van der Waals surface area contributed by atoms with Crippen molar-refractivity contribution in [1.82, 2.24) is 14.8 Å². The third-order valence-corrected chi connectivity index (χ3v) is 7.52. The van der Waals surface area contributed by atoms with Crippen LogP contribution in [0.4, 0.5) is 5.00 Å². The summed E-state index contributed by atoms with van der Waals surface area (Å²) in [5.74, 6) is 0.851. The molecule has 4 aromatic rings. The number of anilines is 1. The Kier molecular flexibility index (Phi) is 8.62. The van der Waals surface area contributed by atoms with Gasteiger partial charge in [-0.05, 0) is 43.5 Å². The number of methoxy groups -OCH3 is 1. The van der Waals surface area contributed by atoms with E-state index in [-0.39, 0.29) is 18.3 Å². The Bertz CT molecular complexity index is 1400. The largest absolute Gasteiger partial charge is 0.485 e. The minimum Gasteiger partial charge on any atom is -0.485 e. The molecule has 1 N–H and O–H groups in total. The lowest BCUT2D eigenvalue weighted by atomic mass is 10.0. The molecule has 0 fully saturated rings. The molecular weight excluding hydrogens is 508 g/mol. The number of esters is 1. The first-order valence-electron chi connectivity index (χ1n) is 11.7. The molecule has 0 saturated carbocycles. The number of hydrogen-bond acceptors (Lipinski definition) is 8. The molecule has 0 spiro atoms. The van der Waals surface area contributed by atoms with Gasteiger partial charge in [0.15, 0.2) is 11.0 Å². The van der Waals surface area contributed by atoms with Crippen molar-refractivity contribution in [3.05, 3.63) is 76.4 Å². The maximum atomic E-state index is 12.8. The SMILES string of the molecule is CCn1c(COc2cc(C)ccc2C)nnc1SCC(=O)Nc1scc(-c2ccccc2)c1C(=O)OC. The number of thiophene rings is 1. The highest BCUT2D eigenvalue weighted by atomic mass is 32.2. The second-order valence-corrected chi connectivity index (χ2v) is 10.1. The van der Waals surface area contributed by atoms with Gasteiger partial charge in [-0.15, -0.1) is 21.5 Å². The zero-order valence-electron chi connectivity index (χ0n) is 21.1. The maximum Gasteiger partial charge on any atom is 0.341 e. The number of aromatic nitrogens is 3. The van der Waals surface area contributed by atoms with Crippen molar-refractivity contribution >= 4 is 40.0 Å². The van der Waals surface area contributed by atoms with Gasteiger partial charge in [-0.2, -0.15) is 0 Å². The standard InChI is InChI=1S/C27H28N4O4S2/c1-5-31-22(14-35-21-13-17(2)11-12-18(21)3)29-30-27(31)37-16-23(32)28-25-24(26(33)34-4)20(15-36-25)19-9-7-6-8-10-19/h6-13,15H,5,14,16H2,1-4H3,(H,28,32). The van der Waals surface area contributed by atoms with E-state index in [1.807, 2.05) is 79.2 Å². The van der Waals surface area contributed by atoms with Crippen LogP contribution in [0.25, 0.3) is 11.1 Å². The summed E-state index contributed by atoms with van der Waals surface area (Å²) in [6.07, 6.45) is 0. The van der Waals surface area contributed by atoms with Crippen molar-refractivity contribution in [2.24, 2.45) is 0 Å². The van der Waals surface area contributed by atoms with Crippen LogP contribution < -0.4 is 10.1 Å². The molecule has 37 heavy (non-hydrogen) atoms. The van der Waals surface area contributed by atoms with Crippen molar-refractivity contribution in [1.29, 1.82) is 0 Å². The van der Waals surface area contributed by atoms with E-state index in [2.05, 4.69) is 15.5 Å². The first-order valence-corrected chi connectivity index (χ1v) is 13.6. The van der Waals surface area contributed by atoms with Crippen LogP contribution in [0.3, 0.4) is 0 Å². The second kappa shape index (κ2) is 12.1. The fraction of sp³-hybridized carbons (Fsp3) is 0.259. The van der Waals surface area contributed by atoms with Crippen LogP contribution in [0.1, 0.15) is 34.2 Å². The van der Waals surface area contributed by atoms with E-state index in [0.717, 1.165) is 28.0 Å². The summed E-state index contributed by atoms with van der Waals surface area (Å²) in [6, 6.07) is 15.6. The summed E-state index contributed by atoms with van der Waals surface area (Å²) in [6.45, 7) is 6.93. The number of benzene rings is 2. The number of rotatable bonds is 10. The summed E-state index contributed by atoms with van der Waals surface area (Å²) >= 11 is 2.57. The van der Waals surface area contributed by atoms with Crippen LogP contribution in [0.2, 0.25) is 0 Å². The molecule has 0 aliphatic rings. The van der Waals surface area contributed by atoms with Gasteiger partial charge in [-0.25, -0.2) is 4.79 Å². The molecular formula is C27H28N4O4S2. The number of nitrogens with one attached hydrogen (secondary N) is 1. The zero-order valence-corrected chi connectivity index (χ0v) is 22.7. The lowest BCUT2D eigenvalue weighted by molar-refractivity contribution is -0.113. The van der Waals surface area contributed by atoms with E-state index in [4.69, 9.17) is 9.47 Å². The average molecular weight is 537 g/mol. The lowest BCUT2D eigenvalue weighted by Crippen LogP contribution is -2.16. The Morgan fingerprint density at radius 1 is 1.11 bits per heavy atom. The topological polar surface area (TPSA) is 95.3 Å². The van der Waals surface area contributed by atoms with Crippen molar-refractivity contribution < 1.29 is 19.1 Å². The summed E-state index contributed by atoms with van der Waals surface area (Å²) in [5, 5.41) is 14.3. The Labute approximate surface area is 224 Å². The predicted octanol–water partition coefficient (Wildman–Crippen LogP) is 5.74. The first kappa shape index (κ1) is 26.4. The van der Waals surface area contributed by atoms with Crippen LogP contribution >= 0.6 is 23.1 Å². The molecule has 0 unspecified atom stereocenters. The Morgan fingerprint density at radius 2 is 1.89 bits per heavy atom. The van der Waals surface area contributed by atoms with Gasteiger partial charge >= 0.3 is 5.97 Å². The van der Waals surface area contributed by atoms with Crippen molar-refractivity contribution in [3.8, 4) is 16.9 Å². The molecule has 4 rings (SSSR count). The van der Waals surface area contributed by atoms with Gasteiger partial charge in [-0.3, -0.25) is 4.79 Å². The van der Waals surface area contributed by atoms with E-state index in [0.29, 0.717) is 28.1 Å². The minimum atomic E-state index is -0.498. The fourth-order valence-electron chi connectivity index (χ4n) is 3.73. The number of carbonyl (C=O) groups is 2. The van der Waals surface area contributed by atoms with E-state index in [9.17, 15) is 9.59 Å². The monoisotopic (exact) mass is 536 g/mol. The number of amides is 1. The first-order chi connectivity index (χ1) is 17.9. The zero-order chi connectivity index (χ0) is 26.4. The van der Waals surface area contributed by atoms with Gasteiger partial charge in [0, 0.05) is 17.5 Å². The predicted molar refractivity (Wildman–Crippen MR) is 146 cm³/mol. The van der Waals surface area contributed by atoms with Gasteiger partial charge in [-0.1, -0.05) is 54.2 Å². The van der Waals surface area contributed by atoms with Gasteiger partial charge in [0.05, 0.1) is 12.9 Å². The number of carbonyl (C=O) groups excluding carboxylic acids is 2. The molecule has 10 heteroatoms. The van der Waals surface area contributed by atoms with E-state index < -0.39 is 5.97 Å². The highest BCUT2D eigenvalue weighted by Crippen LogP contribution is 2.36. The second-order valence-electron chi connectivity index (χ2n) is 8.25. The summed E-state index contributed by atoms with van der Waals surface area (Å²) < 4.78 is 12.9. The number of ether oxygens (including phenoxy) is 2. The Morgan fingerprint density at radius 3 is 2.62 bits per heavy atom. The molecule has 0 bridgehead atoms. The lowest BCUT2D eigenvalue weighted by Gasteiger charge is -2.11. The van der Waals surface area contributed by atoms with Gasteiger partial charge in [0.1, 0.15) is 22.9 Å². The van der Waals surface area contributed by atoms with E-state index in [1.54, 1.807) is 0 Å². The molecule has 2 aromatic carbocycles. The molecule has 2 aromatic heterocycles. The van der Waals surface area contributed by atoms with Crippen LogP contribution in [-0.2, 0) is 22.7 Å². The molecule has 0 atom stereocenters. The van der Waals surface area contributed by atoms with Crippen LogP contribution in [0.5, 0.6) is 5.75 Å². The maximum absolute atomic E-state index is 12.8. The molecule has 0 saturated heterocycles. The van der Waals surface area contributed by atoms with Crippen molar-refractivity contribution in [2.45, 2.75) is 39.1 Å². The van der Waals surface area contributed by atoms with Crippen LogP contribution in [0, 0.1) is 13.8 Å². The van der Waals surface area contributed by atoms with Crippen molar-refractivity contribution in [3.63, 3.8) is 0 Å². The third-order valence-electron chi connectivity index (χ3n) is 5.66. The number of hydrogen-bond donors (Lipinski definition) is 1. The van der Waals surface area contributed by atoms with Crippen LogP contribution in [0.15, 0.2) is 59.1 Å². The normalized spacial score (nSPS) is 10.8. The number of thioether (sulfide) groups is 1. The minimum absolute atomic E-state index is 0.106. The highest BCUT2D eigenvalue weighted by molar-refractivity contribution is 7.99. The Balaban J connectivity index is 1.42. The fourth-order valence-corrected chi connectivity index (χ4v) is 5.53. The van der Waals surface area contributed by atoms with Crippen LogP contribution in [-0.4, -0.2) is 39.5 Å². The molecule has 1 amide bonds. The molecule has 0 radical (unpaired) electrons. The Hall–Kier alpha value is -3.63. The number of aryl methyl sites for hydroxylation is 2. The van der Waals surface area contributed by atoms with Crippen molar-refractivity contribution in [2.75, 3.05) is 18.2 Å². The van der Waals surface area contributed by atoms with Gasteiger partial charge < -0.3 is 19.4 Å². The summed E-state index contributed by atoms with van der Waals surface area (Å²) in [4.78, 5) is 25.4. The van der Waals surface area contributed by atoms with Gasteiger partial charge in [0.25, 0.3) is 0 Å². The van der Waals surface area contributed by atoms with E-state index in [1.165, 1.54) is 30.2 Å². The summed E-state index contributed by atoms with van der Waals surface area (Å²) in [5.41, 5.74) is 4.12. The average Bonchev–Trinajstić information content (AvgIpc) is 3.51. The molecule has 192 valence electrons. The quantitative estimate of drug-likeness (QED) is 0.204. The molecule has 0 aliphatic carbocycles. The smallest absolute Gasteiger partial charge is 0.341 e. The molecule has 2 heterocycles. The third kappa shape index (κ3) is 6.20.